The van der Waals surface area contributed by atoms with Crippen LogP contribution >= 0.6 is 11.8 Å². The van der Waals surface area contributed by atoms with Crippen LogP contribution in [0.4, 0.5) is 0 Å². The van der Waals surface area contributed by atoms with E-state index in [1.807, 2.05) is 0 Å². The highest BCUT2D eigenvalue weighted by Gasteiger charge is 2.40. The maximum Gasteiger partial charge on any atom is 0.306 e. The van der Waals surface area contributed by atoms with Crippen molar-refractivity contribution in [2.45, 2.75) is 133 Å². The summed E-state index contributed by atoms with van der Waals surface area (Å²) in [5.41, 5.74) is -0.895. The highest BCUT2D eigenvalue weighted by Crippen LogP contribution is 2.40. The second kappa shape index (κ2) is 18.3. The zero-order valence-corrected chi connectivity index (χ0v) is 21.6. The van der Waals surface area contributed by atoms with Crippen LogP contribution in [0.1, 0.15) is 122 Å². The minimum absolute atomic E-state index is 0.103. The van der Waals surface area contributed by atoms with E-state index in [1.54, 1.807) is 11.8 Å². The first-order valence-electron chi connectivity index (χ1n) is 13.3. The van der Waals surface area contributed by atoms with Crippen LogP contribution < -0.4 is 0 Å². The van der Waals surface area contributed by atoms with E-state index in [1.165, 1.54) is 64.2 Å². The molecule has 6 heteroatoms. The molecule has 1 unspecified atom stereocenters. The minimum Gasteiger partial charge on any atom is -0.481 e. The summed E-state index contributed by atoms with van der Waals surface area (Å²) in [4.78, 5) is 22.1. The Labute approximate surface area is 205 Å². The number of aliphatic carboxylic acids is 2. The second-order valence-corrected chi connectivity index (χ2v) is 11.0. The Morgan fingerprint density at radius 2 is 1.45 bits per heavy atom. The first kappa shape index (κ1) is 30.0. The third kappa shape index (κ3) is 14.1. The fourth-order valence-electron chi connectivity index (χ4n) is 4.62. The van der Waals surface area contributed by atoms with E-state index in [0.29, 0.717) is 37.9 Å². The minimum atomic E-state index is -0.895. The van der Waals surface area contributed by atoms with Gasteiger partial charge < -0.3 is 15.3 Å². The maximum absolute atomic E-state index is 11.3. The van der Waals surface area contributed by atoms with Crippen LogP contribution in [0.5, 0.6) is 0 Å². The van der Waals surface area contributed by atoms with Gasteiger partial charge in [-0.1, -0.05) is 83.3 Å². The number of rotatable bonds is 20. The van der Waals surface area contributed by atoms with E-state index >= 15 is 0 Å². The summed E-state index contributed by atoms with van der Waals surface area (Å²) < 4.78 is 0. The lowest BCUT2D eigenvalue weighted by Gasteiger charge is -2.39. The van der Waals surface area contributed by atoms with Crippen LogP contribution in [0.3, 0.4) is 0 Å². The van der Waals surface area contributed by atoms with Gasteiger partial charge in [-0.2, -0.15) is 11.8 Å². The predicted octanol–water partition coefficient (Wildman–Crippen LogP) is 7.22. The first-order valence-corrected chi connectivity index (χ1v) is 14.4. The zero-order valence-electron chi connectivity index (χ0n) is 20.8. The van der Waals surface area contributed by atoms with E-state index in [0.717, 1.165) is 12.8 Å². The number of carbonyl (C=O) groups is 2. The topological polar surface area (TPSA) is 94.8 Å². The van der Waals surface area contributed by atoms with E-state index in [-0.39, 0.29) is 17.6 Å². The van der Waals surface area contributed by atoms with Gasteiger partial charge in [-0.15, -0.1) is 0 Å². The number of carboxylic acids is 2. The molecule has 0 spiro atoms. The lowest BCUT2D eigenvalue weighted by molar-refractivity contribution is -0.144. The number of thioether (sulfide) groups is 1. The Morgan fingerprint density at radius 3 is 1.97 bits per heavy atom. The lowest BCUT2D eigenvalue weighted by Crippen LogP contribution is -2.44. The van der Waals surface area contributed by atoms with Gasteiger partial charge in [0, 0.05) is 6.42 Å². The Balaban J connectivity index is 2.32. The predicted molar refractivity (Wildman–Crippen MR) is 138 cm³/mol. The molecule has 0 aromatic carbocycles. The van der Waals surface area contributed by atoms with E-state index in [4.69, 9.17) is 5.11 Å². The molecule has 0 amide bonds. The smallest absolute Gasteiger partial charge is 0.306 e. The van der Waals surface area contributed by atoms with Crippen LogP contribution in [0.15, 0.2) is 12.2 Å². The van der Waals surface area contributed by atoms with Crippen LogP contribution in [0.25, 0.3) is 0 Å². The number of unbranched alkanes of at least 4 members (excludes halogenated alkanes) is 11. The summed E-state index contributed by atoms with van der Waals surface area (Å²) in [5, 5.41) is 29.3. The second-order valence-electron chi connectivity index (χ2n) is 9.76. The van der Waals surface area contributed by atoms with Gasteiger partial charge >= 0.3 is 11.9 Å². The average Bonchev–Trinajstić information content (AvgIpc) is 2.78. The molecule has 3 N–H and O–H groups in total. The largest absolute Gasteiger partial charge is 0.481 e. The summed E-state index contributed by atoms with van der Waals surface area (Å²) in [6.07, 6.45) is 22.5. The maximum atomic E-state index is 11.3. The molecular weight excluding hydrogens is 436 g/mol. The highest BCUT2D eigenvalue weighted by molar-refractivity contribution is 8.00. The molecule has 1 saturated carbocycles. The molecule has 192 valence electrons. The molecule has 5 nitrogen and oxygen atoms in total. The molecule has 1 aliphatic carbocycles. The van der Waals surface area contributed by atoms with E-state index in [2.05, 4.69) is 19.1 Å². The molecule has 1 fully saturated rings. The molecule has 1 aliphatic rings. The van der Waals surface area contributed by atoms with Crippen molar-refractivity contribution in [3.63, 3.8) is 0 Å². The Hall–Kier alpha value is -1.01. The van der Waals surface area contributed by atoms with Crippen molar-refractivity contribution in [2.75, 3.05) is 5.75 Å². The third-order valence-corrected chi connectivity index (χ3v) is 8.33. The molecule has 0 aromatic rings. The quantitative estimate of drug-likeness (QED) is 0.125. The molecule has 0 saturated heterocycles. The van der Waals surface area contributed by atoms with Crippen molar-refractivity contribution >= 4 is 23.7 Å². The number of hydrogen-bond acceptors (Lipinski definition) is 4. The van der Waals surface area contributed by atoms with Crippen LogP contribution in [0.2, 0.25) is 0 Å². The normalized spacial score (nSPS) is 21.9. The monoisotopic (exact) mass is 484 g/mol. The Morgan fingerprint density at radius 1 is 0.909 bits per heavy atom. The van der Waals surface area contributed by atoms with Gasteiger partial charge in [-0.3, -0.25) is 9.59 Å². The number of carboxylic acid groups (broad SMARTS) is 2. The molecule has 33 heavy (non-hydrogen) atoms. The number of hydrogen-bond donors (Lipinski definition) is 3. The molecule has 0 aromatic heterocycles. The fraction of sp³-hybridized carbons (Fsp3) is 0.852. The van der Waals surface area contributed by atoms with Gasteiger partial charge in [-0.05, 0) is 50.7 Å². The van der Waals surface area contributed by atoms with Gasteiger partial charge in [0.1, 0.15) is 0 Å². The average molecular weight is 485 g/mol. The molecule has 1 rings (SSSR count). The first-order chi connectivity index (χ1) is 15.9. The fourth-order valence-corrected chi connectivity index (χ4v) is 5.95. The molecule has 1 atom stereocenters. The SMILES string of the molecule is CCCCCCCCCCCCCC=CC(SCCCC(=O)O)C1(O)CCC(C(=O)O)CC1. The third-order valence-electron chi connectivity index (χ3n) is 6.85. The highest BCUT2D eigenvalue weighted by atomic mass is 32.2. The molecule has 0 heterocycles. The molecule has 0 bridgehead atoms. The van der Waals surface area contributed by atoms with Crippen molar-refractivity contribution in [3.8, 4) is 0 Å². The molecule has 0 aliphatic heterocycles. The Kier molecular flexibility index (Phi) is 16.7. The van der Waals surface area contributed by atoms with Crippen LogP contribution in [-0.2, 0) is 9.59 Å². The summed E-state index contributed by atoms with van der Waals surface area (Å²) in [6.45, 7) is 2.25. The van der Waals surface area contributed by atoms with E-state index in [9.17, 15) is 19.8 Å². The summed E-state index contributed by atoms with van der Waals surface area (Å²) >= 11 is 1.62. The van der Waals surface area contributed by atoms with Gasteiger partial charge in [0.25, 0.3) is 0 Å². The van der Waals surface area contributed by atoms with Crippen molar-refractivity contribution in [2.24, 2.45) is 5.92 Å². The number of allylic oxidation sites excluding steroid dienone is 1. The summed E-state index contributed by atoms with van der Waals surface area (Å²) in [5.74, 6) is -1.23. The van der Waals surface area contributed by atoms with Crippen molar-refractivity contribution in [1.29, 1.82) is 0 Å². The number of aliphatic hydroxyl groups is 1. The lowest BCUT2D eigenvalue weighted by atomic mass is 9.77. The van der Waals surface area contributed by atoms with Gasteiger partial charge in [0.15, 0.2) is 0 Å². The zero-order chi connectivity index (χ0) is 24.4. The molecule has 0 radical (unpaired) electrons. The van der Waals surface area contributed by atoms with Crippen molar-refractivity contribution < 1.29 is 24.9 Å². The van der Waals surface area contributed by atoms with Gasteiger partial charge in [-0.25, -0.2) is 0 Å². The standard InChI is InChI=1S/C27H48O5S/c1-2-3-4-5-6-7-8-9-10-11-12-13-14-16-24(33-22-15-17-25(28)29)27(32)20-18-23(19-21-27)26(30)31/h14,16,23-24,32H,2-13,15,17-22H2,1H3,(H,28,29)(H,30,31). The van der Waals surface area contributed by atoms with Crippen LogP contribution in [0, 0.1) is 5.92 Å². The van der Waals surface area contributed by atoms with Crippen molar-refractivity contribution in [1.82, 2.24) is 0 Å². The van der Waals surface area contributed by atoms with Crippen molar-refractivity contribution in [3.05, 3.63) is 12.2 Å². The molecular formula is C27H48O5S. The summed E-state index contributed by atoms with van der Waals surface area (Å²) in [7, 11) is 0. The van der Waals surface area contributed by atoms with Gasteiger partial charge in [0.2, 0.25) is 0 Å². The van der Waals surface area contributed by atoms with Crippen LogP contribution in [-0.4, -0.2) is 43.9 Å². The van der Waals surface area contributed by atoms with Gasteiger partial charge in [0.05, 0.1) is 16.8 Å². The Bertz CT molecular complexity index is 555. The summed E-state index contributed by atoms with van der Waals surface area (Å²) in [6, 6.07) is 0. The van der Waals surface area contributed by atoms with E-state index < -0.39 is 17.5 Å².